The Morgan fingerprint density at radius 2 is 1.89 bits per heavy atom. The van der Waals surface area contributed by atoms with Crippen LogP contribution in [0.1, 0.15) is 24.0 Å². The fraction of sp³-hybridized carbons (Fsp3) is 0.391. The topological polar surface area (TPSA) is 47.6 Å². The van der Waals surface area contributed by atoms with Gasteiger partial charge in [0.25, 0.3) is 0 Å². The lowest BCUT2D eigenvalue weighted by Crippen LogP contribution is -2.30. The van der Waals surface area contributed by atoms with Crippen molar-refractivity contribution in [1.29, 1.82) is 5.26 Å². The molecule has 0 N–H and O–H groups in total. The number of nitriles is 1. The molecule has 2 aliphatic heterocycles. The second kappa shape index (κ2) is 6.35. The van der Waals surface area contributed by atoms with Crippen LogP contribution in [-0.2, 0) is 0 Å². The first-order valence-electron chi connectivity index (χ1n) is 9.99. The molecular weight excluding hydrogens is 346 g/mol. The minimum atomic E-state index is 0.432. The highest BCUT2D eigenvalue weighted by Gasteiger charge is 2.43. The Kier molecular flexibility index (Phi) is 3.92. The Hall–Kier alpha value is -2.84. The fourth-order valence-electron chi connectivity index (χ4n) is 5.08. The molecule has 0 saturated carbocycles. The molecule has 4 heterocycles. The Balaban J connectivity index is 1.58. The number of hydrogen-bond acceptors (Lipinski definition) is 4. The molecule has 0 radical (unpaired) electrons. The monoisotopic (exact) mass is 371 g/mol. The summed E-state index contributed by atoms with van der Waals surface area (Å²) < 4.78 is 2.24. The van der Waals surface area contributed by atoms with Crippen molar-refractivity contribution in [2.24, 2.45) is 5.41 Å². The molecule has 0 bridgehead atoms. The van der Waals surface area contributed by atoms with E-state index in [1.165, 1.54) is 42.9 Å². The summed E-state index contributed by atoms with van der Waals surface area (Å²) in [5.74, 6) is 1.23. The van der Waals surface area contributed by atoms with Crippen LogP contribution in [0.4, 0.5) is 5.82 Å². The van der Waals surface area contributed by atoms with Gasteiger partial charge in [-0.05, 0) is 62.7 Å². The van der Waals surface area contributed by atoms with Crippen LogP contribution in [-0.4, -0.2) is 47.5 Å². The summed E-state index contributed by atoms with van der Waals surface area (Å²) in [6.45, 7) is 6.75. The van der Waals surface area contributed by atoms with Gasteiger partial charge in [-0.25, -0.2) is 4.98 Å². The molecule has 1 unspecified atom stereocenters. The highest BCUT2D eigenvalue weighted by molar-refractivity contribution is 5.77. The van der Waals surface area contributed by atoms with Gasteiger partial charge in [-0.2, -0.15) is 5.26 Å². The summed E-state index contributed by atoms with van der Waals surface area (Å²) in [5.41, 5.74) is 5.64. The maximum absolute atomic E-state index is 9.10. The standard InChI is InChI=1S/C23H25N5/c1-17-20(19-5-3-18(14-24)4-6-19)13-21(28-12-9-25-22(17)28)27-11-8-23(16-27)7-10-26(2)15-23/h3-6,9,12-13H,7-8,10-11,15-16H2,1-2H3. The zero-order valence-corrected chi connectivity index (χ0v) is 16.5. The number of aromatic nitrogens is 2. The summed E-state index contributed by atoms with van der Waals surface area (Å²) >= 11 is 0. The van der Waals surface area contributed by atoms with E-state index < -0.39 is 0 Å². The van der Waals surface area contributed by atoms with E-state index in [9.17, 15) is 0 Å². The number of fused-ring (bicyclic) bond motifs is 1. The van der Waals surface area contributed by atoms with Gasteiger partial charge in [-0.1, -0.05) is 12.1 Å². The van der Waals surface area contributed by atoms with E-state index in [1.807, 2.05) is 30.5 Å². The summed E-state index contributed by atoms with van der Waals surface area (Å²) in [4.78, 5) is 9.65. The van der Waals surface area contributed by atoms with Crippen molar-refractivity contribution in [3.63, 3.8) is 0 Å². The lowest BCUT2D eigenvalue weighted by Gasteiger charge is -2.26. The van der Waals surface area contributed by atoms with Gasteiger partial charge in [0.2, 0.25) is 0 Å². The highest BCUT2D eigenvalue weighted by Crippen LogP contribution is 2.42. The number of anilines is 1. The Labute approximate surface area is 165 Å². The summed E-state index contributed by atoms with van der Waals surface area (Å²) in [6, 6.07) is 12.4. The molecule has 0 amide bonds. The Morgan fingerprint density at radius 1 is 1.11 bits per heavy atom. The molecule has 28 heavy (non-hydrogen) atoms. The van der Waals surface area contributed by atoms with Crippen molar-refractivity contribution in [2.75, 3.05) is 38.1 Å². The number of imidazole rings is 1. The number of rotatable bonds is 2. The van der Waals surface area contributed by atoms with Crippen LogP contribution in [0, 0.1) is 23.7 Å². The third kappa shape index (κ3) is 2.68. The van der Waals surface area contributed by atoms with Crippen molar-refractivity contribution < 1.29 is 0 Å². The molecule has 5 heteroatoms. The number of benzene rings is 1. The van der Waals surface area contributed by atoms with Crippen molar-refractivity contribution in [1.82, 2.24) is 14.3 Å². The molecule has 1 aromatic carbocycles. The first-order valence-corrected chi connectivity index (χ1v) is 9.99. The largest absolute Gasteiger partial charge is 0.357 e. The van der Waals surface area contributed by atoms with Gasteiger partial charge in [0, 0.05) is 43.0 Å². The molecule has 142 valence electrons. The van der Waals surface area contributed by atoms with E-state index in [-0.39, 0.29) is 0 Å². The SMILES string of the molecule is Cc1c(-c2ccc(C#N)cc2)cc(N2CCC3(CCN(C)C3)C2)n2ccnc12. The van der Waals surface area contributed by atoms with Crippen molar-refractivity contribution in [3.05, 3.63) is 53.9 Å². The molecule has 1 spiro atoms. The van der Waals surface area contributed by atoms with Gasteiger partial charge in [0.05, 0.1) is 11.6 Å². The number of nitrogens with zero attached hydrogens (tertiary/aromatic N) is 5. The molecule has 2 aliphatic rings. The predicted molar refractivity (Wildman–Crippen MR) is 111 cm³/mol. The molecule has 2 aromatic heterocycles. The highest BCUT2D eigenvalue weighted by atomic mass is 15.3. The van der Waals surface area contributed by atoms with Crippen LogP contribution in [0.2, 0.25) is 0 Å². The fourth-order valence-corrected chi connectivity index (χ4v) is 5.08. The van der Waals surface area contributed by atoms with Crippen LogP contribution in [0.25, 0.3) is 16.8 Å². The zero-order chi connectivity index (χ0) is 19.3. The van der Waals surface area contributed by atoms with E-state index in [0.29, 0.717) is 11.0 Å². The van der Waals surface area contributed by atoms with E-state index in [1.54, 1.807) is 0 Å². The summed E-state index contributed by atoms with van der Waals surface area (Å²) in [5, 5.41) is 9.10. The Bertz CT molecular complexity index is 1070. The third-order valence-electron chi connectivity index (χ3n) is 6.62. The number of hydrogen-bond donors (Lipinski definition) is 0. The van der Waals surface area contributed by atoms with Crippen molar-refractivity contribution in [2.45, 2.75) is 19.8 Å². The molecule has 5 rings (SSSR count). The maximum atomic E-state index is 9.10. The quantitative estimate of drug-likeness (QED) is 0.689. The molecule has 2 fully saturated rings. The van der Waals surface area contributed by atoms with Crippen LogP contribution >= 0.6 is 0 Å². The number of aryl methyl sites for hydroxylation is 1. The van der Waals surface area contributed by atoms with Gasteiger partial charge in [0.15, 0.2) is 0 Å². The first kappa shape index (κ1) is 17.3. The Morgan fingerprint density at radius 3 is 2.61 bits per heavy atom. The molecular formula is C23H25N5. The minimum absolute atomic E-state index is 0.432. The molecule has 2 saturated heterocycles. The molecule has 1 atom stereocenters. The van der Waals surface area contributed by atoms with Crippen LogP contribution in [0.3, 0.4) is 0 Å². The number of likely N-dealkylation sites (tertiary alicyclic amines) is 1. The smallest absolute Gasteiger partial charge is 0.141 e. The van der Waals surface area contributed by atoms with E-state index >= 15 is 0 Å². The van der Waals surface area contributed by atoms with Gasteiger partial charge < -0.3 is 9.80 Å². The average Bonchev–Trinajstić information content (AvgIpc) is 3.44. The summed E-state index contributed by atoms with van der Waals surface area (Å²) in [7, 11) is 2.24. The average molecular weight is 371 g/mol. The van der Waals surface area contributed by atoms with Gasteiger partial charge in [0.1, 0.15) is 11.5 Å². The van der Waals surface area contributed by atoms with E-state index in [2.05, 4.69) is 51.5 Å². The zero-order valence-electron chi connectivity index (χ0n) is 16.5. The van der Waals surface area contributed by atoms with Crippen molar-refractivity contribution in [3.8, 4) is 17.2 Å². The number of pyridine rings is 1. The lowest BCUT2D eigenvalue weighted by atomic mass is 9.86. The molecule has 0 aliphatic carbocycles. The normalized spacial score (nSPS) is 22.4. The minimum Gasteiger partial charge on any atom is -0.357 e. The van der Waals surface area contributed by atoms with Gasteiger partial charge in [-0.3, -0.25) is 4.40 Å². The van der Waals surface area contributed by atoms with Crippen LogP contribution in [0.5, 0.6) is 0 Å². The lowest BCUT2D eigenvalue weighted by molar-refractivity contribution is 0.312. The van der Waals surface area contributed by atoms with Gasteiger partial charge >= 0.3 is 0 Å². The van der Waals surface area contributed by atoms with E-state index in [0.717, 1.165) is 24.3 Å². The van der Waals surface area contributed by atoms with Crippen LogP contribution < -0.4 is 4.90 Å². The molecule has 5 nitrogen and oxygen atoms in total. The maximum Gasteiger partial charge on any atom is 0.141 e. The second-order valence-corrected chi connectivity index (χ2v) is 8.51. The van der Waals surface area contributed by atoms with Crippen molar-refractivity contribution >= 4 is 11.5 Å². The molecule has 3 aromatic rings. The third-order valence-corrected chi connectivity index (χ3v) is 6.62. The summed E-state index contributed by atoms with van der Waals surface area (Å²) in [6.07, 6.45) is 6.52. The van der Waals surface area contributed by atoms with E-state index in [4.69, 9.17) is 5.26 Å². The first-order chi connectivity index (χ1) is 13.6. The van der Waals surface area contributed by atoms with Crippen LogP contribution in [0.15, 0.2) is 42.7 Å². The second-order valence-electron chi connectivity index (χ2n) is 8.51. The predicted octanol–water partition coefficient (Wildman–Crippen LogP) is 3.71. The van der Waals surface area contributed by atoms with Gasteiger partial charge in [-0.15, -0.1) is 0 Å².